The second kappa shape index (κ2) is 12.6. The van der Waals surface area contributed by atoms with Gasteiger partial charge in [-0.15, -0.1) is 0 Å². The van der Waals surface area contributed by atoms with E-state index >= 15 is 0 Å². The third-order valence-corrected chi connectivity index (χ3v) is 5.51. The molecule has 0 atom stereocenters. The SMILES string of the molecule is CCOc1cc(/C=N\NC(=O)CNc2cccc(C(F)(F)F)c2)cc(Br)c1OCc1ccc(Cl)cc1. The molecule has 1 amide bonds. The van der Waals surface area contributed by atoms with Gasteiger partial charge in [-0.3, -0.25) is 4.79 Å². The molecular weight excluding hydrogens is 563 g/mol. The van der Waals surface area contributed by atoms with Crippen LogP contribution in [0.3, 0.4) is 0 Å². The van der Waals surface area contributed by atoms with Crippen LogP contribution in [0.25, 0.3) is 0 Å². The van der Waals surface area contributed by atoms with Gasteiger partial charge in [0.2, 0.25) is 0 Å². The van der Waals surface area contributed by atoms with Crippen LogP contribution in [-0.2, 0) is 17.6 Å². The largest absolute Gasteiger partial charge is 0.490 e. The predicted octanol–water partition coefficient (Wildman–Crippen LogP) is 6.66. The highest BCUT2D eigenvalue weighted by molar-refractivity contribution is 9.10. The van der Waals surface area contributed by atoms with Crippen molar-refractivity contribution < 1.29 is 27.4 Å². The van der Waals surface area contributed by atoms with Crippen molar-refractivity contribution in [1.82, 2.24) is 5.43 Å². The summed E-state index contributed by atoms with van der Waals surface area (Å²) in [5.74, 6) is 0.466. The lowest BCUT2D eigenvalue weighted by molar-refractivity contribution is -0.137. The van der Waals surface area contributed by atoms with Gasteiger partial charge in [-0.25, -0.2) is 5.43 Å². The zero-order valence-corrected chi connectivity index (χ0v) is 21.4. The van der Waals surface area contributed by atoms with Crippen molar-refractivity contribution in [2.24, 2.45) is 5.10 Å². The average Bonchev–Trinajstić information content (AvgIpc) is 2.83. The molecule has 0 saturated heterocycles. The molecule has 190 valence electrons. The minimum Gasteiger partial charge on any atom is -0.490 e. The van der Waals surface area contributed by atoms with Gasteiger partial charge in [-0.2, -0.15) is 18.3 Å². The van der Waals surface area contributed by atoms with Crippen molar-refractivity contribution in [2.45, 2.75) is 19.7 Å². The molecule has 0 saturated carbocycles. The van der Waals surface area contributed by atoms with Gasteiger partial charge in [0.15, 0.2) is 11.5 Å². The Labute approximate surface area is 219 Å². The van der Waals surface area contributed by atoms with Crippen LogP contribution in [0.1, 0.15) is 23.6 Å². The van der Waals surface area contributed by atoms with Crippen molar-refractivity contribution >= 4 is 45.3 Å². The Morgan fingerprint density at radius 1 is 1.11 bits per heavy atom. The van der Waals surface area contributed by atoms with Crippen LogP contribution >= 0.6 is 27.5 Å². The first-order valence-corrected chi connectivity index (χ1v) is 11.9. The van der Waals surface area contributed by atoms with Gasteiger partial charge < -0.3 is 14.8 Å². The Kier molecular flexibility index (Phi) is 9.60. The van der Waals surface area contributed by atoms with E-state index in [0.717, 1.165) is 17.7 Å². The smallest absolute Gasteiger partial charge is 0.416 e. The summed E-state index contributed by atoms with van der Waals surface area (Å²) in [6.07, 6.45) is -3.05. The van der Waals surface area contributed by atoms with Crippen LogP contribution < -0.4 is 20.2 Å². The zero-order valence-electron chi connectivity index (χ0n) is 19.0. The van der Waals surface area contributed by atoms with Crippen LogP contribution in [0.2, 0.25) is 5.02 Å². The fourth-order valence-electron chi connectivity index (χ4n) is 3.01. The molecule has 0 heterocycles. The predicted molar refractivity (Wildman–Crippen MR) is 137 cm³/mol. The van der Waals surface area contributed by atoms with Gasteiger partial charge in [0.1, 0.15) is 6.61 Å². The van der Waals surface area contributed by atoms with Crippen LogP contribution in [0, 0.1) is 0 Å². The maximum Gasteiger partial charge on any atom is 0.416 e. The van der Waals surface area contributed by atoms with E-state index in [4.69, 9.17) is 21.1 Å². The van der Waals surface area contributed by atoms with Gasteiger partial charge in [0.05, 0.1) is 29.4 Å². The number of anilines is 1. The summed E-state index contributed by atoms with van der Waals surface area (Å²) in [4.78, 5) is 12.0. The molecule has 3 aromatic rings. The first-order valence-electron chi connectivity index (χ1n) is 10.7. The minimum absolute atomic E-state index is 0.170. The number of hydrogen-bond donors (Lipinski definition) is 2. The molecule has 0 aromatic heterocycles. The third kappa shape index (κ3) is 8.17. The minimum atomic E-state index is -4.46. The van der Waals surface area contributed by atoms with Gasteiger partial charge in [0, 0.05) is 10.7 Å². The lowest BCUT2D eigenvalue weighted by atomic mass is 10.2. The van der Waals surface area contributed by atoms with E-state index in [2.05, 4.69) is 31.8 Å². The van der Waals surface area contributed by atoms with Gasteiger partial charge in [-0.1, -0.05) is 29.8 Å². The summed E-state index contributed by atoms with van der Waals surface area (Å²) >= 11 is 9.40. The summed E-state index contributed by atoms with van der Waals surface area (Å²) in [5, 5.41) is 7.19. The topological polar surface area (TPSA) is 72.0 Å². The Morgan fingerprint density at radius 3 is 2.56 bits per heavy atom. The molecular formula is C25H22BrClF3N3O3. The van der Waals surface area contributed by atoms with Crippen LogP contribution in [0.4, 0.5) is 18.9 Å². The molecule has 0 spiro atoms. The molecule has 0 fully saturated rings. The lowest BCUT2D eigenvalue weighted by Gasteiger charge is -2.14. The molecule has 3 aromatic carbocycles. The number of nitrogens with one attached hydrogen (secondary N) is 2. The van der Waals surface area contributed by atoms with Crippen LogP contribution in [-0.4, -0.2) is 25.3 Å². The summed E-state index contributed by atoms with van der Waals surface area (Å²) in [6.45, 7) is 2.29. The highest BCUT2D eigenvalue weighted by Gasteiger charge is 2.30. The fourth-order valence-corrected chi connectivity index (χ4v) is 3.71. The molecule has 3 rings (SSSR count). The number of benzene rings is 3. The van der Waals surface area contributed by atoms with Crippen molar-refractivity contribution in [3.05, 3.63) is 86.8 Å². The molecule has 6 nitrogen and oxygen atoms in total. The van der Waals surface area contributed by atoms with E-state index in [9.17, 15) is 18.0 Å². The van der Waals surface area contributed by atoms with E-state index in [0.29, 0.717) is 39.8 Å². The summed E-state index contributed by atoms with van der Waals surface area (Å²) in [5.41, 5.74) is 3.25. The first kappa shape index (κ1) is 27.3. The van der Waals surface area contributed by atoms with Crippen molar-refractivity contribution in [2.75, 3.05) is 18.5 Å². The van der Waals surface area contributed by atoms with E-state index < -0.39 is 17.6 Å². The van der Waals surface area contributed by atoms with E-state index in [1.54, 1.807) is 24.3 Å². The number of alkyl halides is 3. The molecule has 0 aliphatic heterocycles. The fraction of sp³-hybridized carbons (Fsp3) is 0.200. The molecule has 11 heteroatoms. The maximum absolute atomic E-state index is 12.8. The molecule has 0 aliphatic rings. The van der Waals surface area contributed by atoms with E-state index in [1.807, 2.05) is 19.1 Å². The molecule has 0 unspecified atom stereocenters. The van der Waals surface area contributed by atoms with Crippen molar-refractivity contribution in [3.8, 4) is 11.5 Å². The Hall–Kier alpha value is -3.24. The first-order chi connectivity index (χ1) is 17.2. The van der Waals surface area contributed by atoms with Gasteiger partial charge in [-0.05, 0) is 76.4 Å². The zero-order chi connectivity index (χ0) is 26.1. The van der Waals surface area contributed by atoms with Crippen LogP contribution in [0.5, 0.6) is 11.5 Å². The number of ether oxygens (including phenoxy) is 2. The molecule has 0 radical (unpaired) electrons. The molecule has 36 heavy (non-hydrogen) atoms. The quantitative estimate of drug-likeness (QED) is 0.207. The molecule has 0 aliphatic carbocycles. The number of carbonyl (C=O) groups excluding carboxylic acids is 1. The van der Waals surface area contributed by atoms with Gasteiger partial charge in [0.25, 0.3) is 5.91 Å². The number of carbonyl (C=O) groups is 1. The summed E-state index contributed by atoms with van der Waals surface area (Å²) in [6, 6.07) is 15.3. The Bertz CT molecular complexity index is 1220. The van der Waals surface area contributed by atoms with Crippen LogP contribution in [0.15, 0.2) is 70.2 Å². The van der Waals surface area contributed by atoms with E-state index in [1.165, 1.54) is 18.3 Å². The summed E-state index contributed by atoms with van der Waals surface area (Å²) in [7, 11) is 0. The highest BCUT2D eigenvalue weighted by Crippen LogP contribution is 2.37. The second-order valence-electron chi connectivity index (χ2n) is 7.40. The number of nitrogens with zero attached hydrogens (tertiary/aromatic N) is 1. The lowest BCUT2D eigenvalue weighted by Crippen LogP contribution is -2.26. The number of hydrogen-bond acceptors (Lipinski definition) is 5. The normalized spacial score (nSPS) is 11.4. The van der Waals surface area contributed by atoms with E-state index in [-0.39, 0.29) is 12.2 Å². The number of halogens is 5. The Morgan fingerprint density at radius 2 is 1.86 bits per heavy atom. The number of rotatable bonds is 10. The third-order valence-electron chi connectivity index (χ3n) is 4.67. The summed E-state index contributed by atoms with van der Waals surface area (Å²) < 4.78 is 50.7. The maximum atomic E-state index is 12.8. The van der Waals surface area contributed by atoms with Crippen molar-refractivity contribution in [1.29, 1.82) is 0 Å². The molecule has 2 N–H and O–H groups in total. The molecule has 0 bridgehead atoms. The monoisotopic (exact) mass is 583 g/mol. The average molecular weight is 585 g/mol. The van der Waals surface area contributed by atoms with Gasteiger partial charge >= 0.3 is 6.18 Å². The highest BCUT2D eigenvalue weighted by atomic mass is 79.9. The Balaban J connectivity index is 1.59. The van der Waals surface area contributed by atoms with Crippen molar-refractivity contribution in [3.63, 3.8) is 0 Å². The second-order valence-corrected chi connectivity index (χ2v) is 8.69. The number of amides is 1. The number of hydrazone groups is 1. The standard InChI is InChI=1S/C25H22BrClF3N3O3/c1-2-35-22-11-17(10-21(26)24(22)36-15-16-6-8-19(27)9-7-16)13-32-33-23(34)14-31-20-5-3-4-18(12-20)25(28,29)30/h3-13,31H,2,14-15H2,1H3,(H,33,34)/b32-13-.